The summed E-state index contributed by atoms with van der Waals surface area (Å²) in [5.74, 6) is 0.708. The molecule has 1 aliphatic heterocycles. The third kappa shape index (κ3) is 5.03. The Morgan fingerprint density at radius 3 is 2.17 bits per heavy atom. The standard InChI is InChI=1S/C23H30N4O3/c1-4-26(5-2)22(28)20-16-18(10-13-21(20)27-14-6-7-15-27)25-23(29)24-17-8-11-19(30-3)12-9-17/h8-13,16H,4-7,14-15H2,1-3H3,(H2,24,25,29). The predicted molar refractivity (Wildman–Crippen MR) is 121 cm³/mol. The minimum Gasteiger partial charge on any atom is -0.497 e. The Labute approximate surface area is 178 Å². The molecule has 7 heteroatoms. The average molecular weight is 411 g/mol. The molecule has 0 aliphatic carbocycles. The second-order valence-electron chi connectivity index (χ2n) is 7.21. The minimum atomic E-state index is -0.365. The molecule has 7 nitrogen and oxygen atoms in total. The van der Waals surface area contributed by atoms with Gasteiger partial charge in [0, 0.05) is 43.2 Å². The number of urea groups is 1. The van der Waals surface area contributed by atoms with Gasteiger partial charge in [-0.25, -0.2) is 4.79 Å². The van der Waals surface area contributed by atoms with Gasteiger partial charge in [0.2, 0.25) is 0 Å². The summed E-state index contributed by atoms with van der Waals surface area (Å²) in [6.07, 6.45) is 2.26. The van der Waals surface area contributed by atoms with Crippen LogP contribution in [0.5, 0.6) is 5.75 Å². The maximum absolute atomic E-state index is 13.1. The van der Waals surface area contributed by atoms with E-state index in [2.05, 4.69) is 15.5 Å². The molecule has 3 amide bonds. The molecule has 3 rings (SSSR count). The van der Waals surface area contributed by atoms with E-state index in [4.69, 9.17) is 4.74 Å². The summed E-state index contributed by atoms with van der Waals surface area (Å²) >= 11 is 0. The molecular formula is C23H30N4O3. The highest BCUT2D eigenvalue weighted by atomic mass is 16.5. The first-order valence-electron chi connectivity index (χ1n) is 10.5. The first-order chi connectivity index (χ1) is 14.5. The van der Waals surface area contributed by atoms with E-state index in [0.29, 0.717) is 30.0 Å². The summed E-state index contributed by atoms with van der Waals surface area (Å²) in [5, 5.41) is 5.63. The zero-order valence-corrected chi connectivity index (χ0v) is 17.9. The molecule has 0 bridgehead atoms. The first kappa shape index (κ1) is 21.5. The van der Waals surface area contributed by atoms with Crippen LogP contribution < -0.4 is 20.3 Å². The van der Waals surface area contributed by atoms with Crippen molar-refractivity contribution in [2.24, 2.45) is 0 Å². The summed E-state index contributed by atoms with van der Waals surface area (Å²) in [7, 11) is 1.60. The van der Waals surface area contributed by atoms with E-state index in [1.165, 1.54) is 0 Å². The van der Waals surface area contributed by atoms with Gasteiger partial charge in [-0.05, 0) is 69.2 Å². The van der Waals surface area contributed by atoms with E-state index in [-0.39, 0.29) is 11.9 Å². The van der Waals surface area contributed by atoms with Crippen LogP contribution in [-0.2, 0) is 0 Å². The normalized spacial score (nSPS) is 13.1. The Bertz CT molecular complexity index is 873. The lowest BCUT2D eigenvalue weighted by molar-refractivity contribution is 0.0773. The molecule has 0 spiro atoms. The van der Waals surface area contributed by atoms with Gasteiger partial charge >= 0.3 is 6.03 Å². The van der Waals surface area contributed by atoms with E-state index in [1.807, 2.05) is 26.0 Å². The Hall–Kier alpha value is -3.22. The third-order valence-corrected chi connectivity index (χ3v) is 5.33. The summed E-state index contributed by atoms with van der Waals surface area (Å²) in [5.41, 5.74) is 2.80. The molecule has 0 unspecified atom stereocenters. The molecule has 0 atom stereocenters. The molecule has 0 saturated carbocycles. The topological polar surface area (TPSA) is 73.9 Å². The van der Waals surface area contributed by atoms with Crippen molar-refractivity contribution in [3.05, 3.63) is 48.0 Å². The number of rotatable bonds is 7. The number of benzene rings is 2. The van der Waals surface area contributed by atoms with Gasteiger partial charge in [0.05, 0.1) is 12.7 Å². The van der Waals surface area contributed by atoms with Crippen molar-refractivity contribution in [1.82, 2.24) is 4.90 Å². The van der Waals surface area contributed by atoms with Gasteiger partial charge in [-0.2, -0.15) is 0 Å². The highest BCUT2D eigenvalue weighted by Gasteiger charge is 2.23. The monoisotopic (exact) mass is 410 g/mol. The van der Waals surface area contributed by atoms with Crippen molar-refractivity contribution in [1.29, 1.82) is 0 Å². The van der Waals surface area contributed by atoms with Crippen LogP contribution in [0.25, 0.3) is 0 Å². The number of methoxy groups -OCH3 is 1. The number of amides is 3. The van der Waals surface area contributed by atoms with E-state index in [1.54, 1.807) is 42.3 Å². The molecular weight excluding hydrogens is 380 g/mol. The Morgan fingerprint density at radius 2 is 1.57 bits per heavy atom. The smallest absolute Gasteiger partial charge is 0.323 e. The van der Waals surface area contributed by atoms with Crippen LogP contribution in [0.15, 0.2) is 42.5 Å². The molecule has 0 radical (unpaired) electrons. The van der Waals surface area contributed by atoms with Crippen LogP contribution in [-0.4, -0.2) is 50.1 Å². The summed E-state index contributed by atoms with van der Waals surface area (Å²) < 4.78 is 5.13. The fraction of sp³-hybridized carbons (Fsp3) is 0.391. The van der Waals surface area contributed by atoms with E-state index in [9.17, 15) is 9.59 Å². The number of nitrogens with zero attached hydrogens (tertiary/aromatic N) is 2. The van der Waals surface area contributed by atoms with Crippen molar-refractivity contribution < 1.29 is 14.3 Å². The van der Waals surface area contributed by atoms with Crippen molar-refractivity contribution in [2.75, 3.05) is 48.8 Å². The minimum absolute atomic E-state index is 0.0129. The lowest BCUT2D eigenvalue weighted by Gasteiger charge is -2.25. The van der Waals surface area contributed by atoms with Gasteiger partial charge in [-0.15, -0.1) is 0 Å². The molecule has 1 heterocycles. The van der Waals surface area contributed by atoms with Gasteiger partial charge in [-0.1, -0.05) is 0 Å². The molecule has 160 valence electrons. The third-order valence-electron chi connectivity index (χ3n) is 5.33. The number of carbonyl (C=O) groups is 2. The summed E-state index contributed by atoms with van der Waals surface area (Å²) in [6, 6.07) is 12.3. The van der Waals surface area contributed by atoms with Crippen LogP contribution >= 0.6 is 0 Å². The molecule has 1 fully saturated rings. The first-order valence-corrected chi connectivity index (χ1v) is 10.5. The van der Waals surface area contributed by atoms with Crippen LogP contribution in [0.3, 0.4) is 0 Å². The van der Waals surface area contributed by atoms with Crippen molar-refractivity contribution in [2.45, 2.75) is 26.7 Å². The number of anilines is 3. The second-order valence-corrected chi connectivity index (χ2v) is 7.21. The second kappa shape index (κ2) is 10.0. The number of hydrogen-bond donors (Lipinski definition) is 2. The van der Waals surface area contributed by atoms with Crippen LogP contribution in [0.2, 0.25) is 0 Å². The fourth-order valence-corrected chi connectivity index (χ4v) is 3.67. The number of carbonyl (C=O) groups excluding carboxylic acids is 2. The van der Waals surface area contributed by atoms with Gasteiger partial charge in [-0.3, -0.25) is 4.79 Å². The number of nitrogens with one attached hydrogen (secondary N) is 2. The Balaban J connectivity index is 1.79. The lowest BCUT2D eigenvalue weighted by Crippen LogP contribution is -2.32. The fourth-order valence-electron chi connectivity index (χ4n) is 3.67. The van der Waals surface area contributed by atoms with E-state index < -0.39 is 0 Å². The summed E-state index contributed by atoms with van der Waals surface area (Å²) in [4.78, 5) is 29.6. The van der Waals surface area contributed by atoms with Crippen LogP contribution in [0, 0.1) is 0 Å². The molecule has 1 aliphatic rings. The molecule has 2 N–H and O–H groups in total. The predicted octanol–water partition coefficient (Wildman–Crippen LogP) is 4.42. The van der Waals surface area contributed by atoms with Gasteiger partial charge in [0.15, 0.2) is 0 Å². The lowest BCUT2D eigenvalue weighted by atomic mass is 10.1. The molecule has 30 heavy (non-hydrogen) atoms. The molecule has 0 aromatic heterocycles. The van der Waals surface area contributed by atoms with E-state index >= 15 is 0 Å². The quantitative estimate of drug-likeness (QED) is 0.709. The van der Waals surface area contributed by atoms with E-state index in [0.717, 1.165) is 37.4 Å². The van der Waals surface area contributed by atoms with Gasteiger partial charge in [0.25, 0.3) is 5.91 Å². The molecule has 2 aromatic rings. The Morgan fingerprint density at radius 1 is 0.967 bits per heavy atom. The van der Waals surface area contributed by atoms with Gasteiger partial charge < -0.3 is 25.2 Å². The maximum Gasteiger partial charge on any atom is 0.323 e. The van der Waals surface area contributed by atoms with Crippen molar-refractivity contribution >= 4 is 29.0 Å². The SMILES string of the molecule is CCN(CC)C(=O)c1cc(NC(=O)Nc2ccc(OC)cc2)ccc1N1CCCC1. The molecule has 2 aromatic carbocycles. The highest BCUT2D eigenvalue weighted by Crippen LogP contribution is 2.29. The highest BCUT2D eigenvalue weighted by molar-refractivity contribution is 6.04. The average Bonchev–Trinajstić information content (AvgIpc) is 3.29. The van der Waals surface area contributed by atoms with Crippen LogP contribution in [0.1, 0.15) is 37.0 Å². The van der Waals surface area contributed by atoms with Crippen LogP contribution in [0.4, 0.5) is 21.9 Å². The van der Waals surface area contributed by atoms with Crippen molar-refractivity contribution in [3.63, 3.8) is 0 Å². The zero-order valence-electron chi connectivity index (χ0n) is 17.9. The largest absolute Gasteiger partial charge is 0.497 e. The zero-order chi connectivity index (χ0) is 21.5. The molecule has 1 saturated heterocycles. The number of hydrogen-bond acceptors (Lipinski definition) is 4. The maximum atomic E-state index is 13.1. The van der Waals surface area contributed by atoms with Crippen molar-refractivity contribution in [3.8, 4) is 5.75 Å². The number of ether oxygens (including phenoxy) is 1. The summed E-state index contributed by atoms with van der Waals surface area (Å²) in [6.45, 7) is 7.13. The van der Waals surface area contributed by atoms with Gasteiger partial charge in [0.1, 0.15) is 5.75 Å². The Kier molecular flexibility index (Phi) is 7.17.